The van der Waals surface area contributed by atoms with Gasteiger partial charge in [-0.3, -0.25) is 0 Å². The summed E-state index contributed by atoms with van der Waals surface area (Å²) in [6.07, 6.45) is 7.30. The Hall–Kier alpha value is -0.760. The van der Waals surface area contributed by atoms with Gasteiger partial charge in [0, 0.05) is 32.4 Å². The van der Waals surface area contributed by atoms with Gasteiger partial charge in [-0.15, -0.1) is 0 Å². The van der Waals surface area contributed by atoms with E-state index in [9.17, 15) is 0 Å². The Balaban J connectivity index is 1.81. The van der Waals surface area contributed by atoms with Crippen LogP contribution in [0.2, 0.25) is 0 Å². The topological polar surface area (TPSA) is 6.48 Å². The van der Waals surface area contributed by atoms with Crippen molar-refractivity contribution in [3.05, 3.63) is 23.4 Å². The fourth-order valence-electron chi connectivity index (χ4n) is 3.34. The SMILES string of the molecule is CN1CC(C2CC=CC3=C2CCN3C)C1. The van der Waals surface area contributed by atoms with E-state index in [0.29, 0.717) is 0 Å². The Kier molecular flexibility index (Phi) is 2.13. The molecule has 0 N–H and O–H groups in total. The molecule has 3 rings (SSSR count). The first-order valence-electron chi connectivity index (χ1n) is 6.05. The lowest BCUT2D eigenvalue weighted by molar-refractivity contribution is 0.0955. The van der Waals surface area contributed by atoms with Gasteiger partial charge in [0.25, 0.3) is 0 Å². The largest absolute Gasteiger partial charge is 0.374 e. The standard InChI is InChI=1S/C13H20N2/c1-14-8-10(9-14)11-4-3-5-13-12(11)6-7-15(13)2/h3,5,10-11H,4,6-9H2,1-2H3. The lowest BCUT2D eigenvalue weighted by Crippen LogP contribution is -2.48. The fourth-order valence-corrected chi connectivity index (χ4v) is 3.34. The zero-order chi connectivity index (χ0) is 10.4. The molecule has 1 aliphatic carbocycles. The van der Waals surface area contributed by atoms with Gasteiger partial charge in [-0.05, 0) is 43.4 Å². The van der Waals surface area contributed by atoms with Crippen molar-refractivity contribution in [1.82, 2.24) is 9.80 Å². The van der Waals surface area contributed by atoms with Gasteiger partial charge in [-0.1, -0.05) is 6.08 Å². The van der Waals surface area contributed by atoms with E-state index in [0.717, 1.165) is 11.8 Å². The molecule has 0 amide bonds. The molecule has 0 aromatic rings. The quantitative estimate of drug-likeness (QED) is 0.641. The first-order valence-corrected chi connectivity index (χ1v) is 6.05. The van der Waals surface area contributed by atoms with Gasteiger partial charge in [0.05, 0.1) is 0 Å². The molecule has 0 aromatic heterocycles. The van der Waals surface area contributed by atoms with E-state index in [1.54, 1.807) is 5.57 Å². The molecule has 1 fully saturated rings. The van der Waals surface area contributed by atoms with Crippen molar-refractivity contribution < 1.29 is 0 Å². The molecule has 0 aromatic carbocycles. The molecule has 15 heavy (non-hydrogen) atoms. The van der Waals surface area contributed by atoms with Crippen molar-refractivity contribution in [3.8, 4) is 0 Å². The van der Waals surface area contributed by atoms with Crippen LogP contribution in [0.15, 0.2) is 23.4 Å². The van der Waals surface area contributed by atoms with Crippen LogP contribution in [0, 0.1) is 11.8 Å². The second-order valence-corrected chi connectivity index (χ2v) is 5.31. The molecular weight excluding hydrogens is 184 g/mol. The van der Waals surface area contributed by atoms with Gasteiger partial charge in [0.1, 0.15) is 0 Å². The minimum atomic E-state index is 0.853. The highest BCUT2D eigenvalue weighted by atomic mass is 15.2. The molecule has 82 valence electrons. The van der Waals surface area contributed by atoms with Crippen molar-refractivity contribution in [2.75, 3.05) is 33.7 Å². The van der Waals surface area contributed by atoms with E-state index in [-0.39, 0.29) is 0 Å². The summed E-state index contributed by atoms with van der Waals surface area (Å²) in [6, 6.07) is 0. The number of likely N-dealkylation sites (tertiary alicyclic amines) is 1. The number of nitrogens with zero attached hydrogens (tertiary/aromatic N) is 2. The Morgan fingerprint density at radius 3 is 2.80 bits per heavy atom. The molecule has 2 aliphatic heterocycles. The van der Waals surface area contributed by atoms with Gasteiger partial charge in [-0.25, -0.2) is 0 Å². The molecule has 2 nitrogen and oxygen atoms in total. The Labute approximate surface area is 92.2 Å². The second-order valence-electron chi connectivity index (χ2n) is 5.31. The monoisotopic (exact) mass is 204 g/mol. The summed E-state index contributed by atoms with van der Waals surface area (Å²) in [5.74, 6) is 1.78. The summed E-state index contributed by atoms with van der Waals surface area (Å²) in [4.78, 5) is 4.85. The molecule has 1 saturated heterocycles. The second kappa shape index (κ2) is 3.38. The molecule has 0 radical (unpaired) electrons. The molecule has 2 heterocycles. The zero-order valence-electron chi connectivity index (χ0n) is 9.74. The lowest BCUT2D eigenvalue weighted by atomic mass is 9.76. The van der Waals surface area contributed by atoms with Crippen LogP contribution in [-0.2, 0) is 0 Å². The Bertz CT molecular complexity index is 323. The summed E-state index contributed by atoms with van der Waals surface area (Å²) in [7, 11) is 4.45. The number of hydrogen-bond donors (Lipinski definition) is 0. The third kappa shape index (κ3) is 1.43. The van der Waals surface area contributed by atoms with Crippen molar-refractivity contribution in [1.29, 1.82) is 0 Å². The fraction of sp³-hybridized carbons (Fsp3) is 0.692. The van der Waals surface area contributed by atoms with Gasteiger partial charge >= 0.3 is 0 Å². The molecule has 2 heteroatoms. The third-order valence-electron chi connectivity index (χ3n) is 4.23. The smallest absolute Gasteiger partial charge is 0.0356 e. The van der Waals surface area contributed by atoms with Crippen LogP contribution in [0.3, 0.4) is 0 Å². The Morgan fingerprint density at radius 2 is 2.07 bits per heavy atom. The van der Waals surface area contributed by atoms with Gasteiger partial charge in [0.2, 0.25) is 0 Å². The highest BCUT2D eigenvalue weighted by Gasteiger charge is 2.36. The summed E-state index contributed by atoms with van der Waals surface area (Å²) in [6.45, 7) is 3.84. The Morgan fingerprint density at radius 1 is 1.27 bits per heavy atom. The molecule has 0 bridgehead atoms. The van der Waals surface area contributed by atoms with Crippen LogP contribution >= 0.6 is 0 Å². The van der Waals surface area contributed by atoms with Crippen LogP contribution < -0.4 is 0 Å². The lowest BCUT2D eigenvalue weighted by Gasteiger charge is -2.42. The number of hydrogen-bond acceptors (Lipinski definition) is 2. The summed E-state index contributed by atoms with van der Waals surface area (Å²) >= 11 is 0. The minimum absolute atomic E-state index is 0.853. The highest BCUT2D eigenvalue weighted by Crippen LogP contribution is 2.40. The third-order valence-corrected chi connectivity index (χ3v) is 4.23. The van der Waals surface area contributed by atoms with Crippen molar-refractivity contribution in [3.63, 3.8) is 0 Å². The molecule has 0 saturated carbocycles. The van der Waals surface area contributed by atoms with Crippen LogP contribution in [0.5, 0.6) is 0 Å². The first kappa shape index (κ1) is 9.46. The van der Waals surface area contributed by atoms with E-state index >= 15 is 0 Å². The zero-order valence-corrected chi connectivity index (χ0v) is 9.74. The van der Waals surface area contributed by atoms with E-state index in [2.05, 4.69) is 36.0 Å². The average Bonchev–Trinajstić information content (AvgIpc) is 2.56. The maximum Gasteiger partial charge on any atom is 0.0356 e. The molecule has 1 atom stereocenters. The summed E-state index contributed by atoms with van der Waals surface area (Å²) < 4.78 is 0. The van der Waals surface area contributed by atoms with Gasteiger partial charge in [-0.2, -0.15) is 0 Å². The van der Waals surface area contributed by atoms with Crippen molar-refractivity contribution in [2.45, 2.75) is 12.8 Å². The maximum atomic E-state index is 2.43. The van der Waals surface area contributed by atoms with E-state index in [1.807, 2.05) is 0 Å². The van der Waals surface area contributed by atoms with Crippen LogP contribution in [0.4, 0.5) is 0 Å². The average molecular weight is 204 g/mol. The predicted octanol–water partition coefficient (Wildman–Crippen LogP) is 1.71. The van der Waals surface area contributed by atoms with Crippen LogP contribution in [-0.4, -0.2) is 43.5 Å². The number of allylic oxidation sites excluding steroid dienone is 2. The first-order chi connectivity index (χ1) is 7.25. The van der Waals surface area contributed by atoms with E-state index < -0.39 is 0 Å². The molecule has 0 spiro atoms. The summed E-state index contributed by atoms with van der Waals surface area (Å²) in [5, 5.41) is 0. The number of likely N-dealkylation sites (N-methyl/N-ethyl adjacent to an activating group) is 1. The number of rotatable bonds is 1. The molecule has 1 unspecified atom stereocenters. The molecular formula is C13H20N2. The van der Waals surface area contributed by atoms with Gasteiger partial charge in [0.15, 0.2) is 0 Å². The van der Waals surface area contributed by atoms with Crippen LogP contribution in [0.25, 0.3) is 0 Å². The molecule has 3 aliphatic rings. The predicted molar refractivity (Wildman–Crippen MR) is 62.5 cm³/mol. The van der Waals surface area contributed by atoms with E-state index in [4.69, 9.17) is 0 Å². The highest BCUT2D eigenvalue weighted by molar-refractivity contribution is 5.35. The minimum Gasteiger partial charge on any atom is -0.374 e. The van der Waals surface area contributed by atoms with Crippen LogP contribution in [0.1, 0.15) is 12.8 Å². The van der Waals surface area contributed by atoms with Crippen molar-refractivity contribution in [2.24, 2.45) is 11.8 Å². The van der Waals surface area contributed by atoms with Crippen molar-refractivity contribution >= 4 is 0 Å². The van der Waals surface area contributed by atoms with Gasteiger partial charge < -0.3 is 9.80 Å². The van der Waals surface area contributed by atoms with E-state index in [1.165, 1.54) is 38.2 Å². The normalized spacial score (nSPS) is 32.1. The summed E-state index contributed by atoms with van der Waals surface area (Å²) in [5.41, 5.74) is 3.28. The maximum absolute atomic E-state index is 2.43.